The minimum atomic E-state index is -0.883. The highest BCUT2D eigenvalue weighted by Gasteiger charge is 2.35. The minimum Gasteiger partial charge on any atom is -0.352 e. The number of rotatable bonds is 11. The van der Waals surface area contributed by atoms with Gasteiger partial charge in [0.2, 0.25) is 11.8 Å². The predicted molar refractivity (Wildman–Crippen MR) is 84.0 cm³/mol. The molecule has 0 bridgehead atoms. The molecule has 0 saturated carbocycles. The Kier molecular flexibility index (Phi) is 9.41. The number of carbonyl (C=O) groups excluding carboxylic acids is 4. The zero-order valence-electron chi connectivity index (χ0n) is 13.2. The number of Topliss-reactive ketones (excluding diaryl/α,β-unsaturated/α-hetero) is 2. The third-order valence-corrected chi connectivity index (χ3v) is 3.02. The highest BCUT2D eigenvalue weighted by molar-refractivity contribution is 5.93. The summed E-state index contributed by atoms with van der Waals surface area (Å²) in [5.74, 6) is -3.07. The van der Waals surface area contributed by atoms with Crippen LogP contribution in [0.5, 0.6) is 0 Å². The quantitative estimate of drug-likeness (QED) is 0.552. The summed E-state index contributed by atoms with van der Waals surface area (Å²) in [5.41, 5.74) is 0. The van der Waals surface area contributed by atoms with Gasteiger partial charge < -0.3 is 20.2 Å². The summed E-state index contributed by atoms with van der Waals surface area (Å²) in [6.07, 6.45) is 2.81. The van der Waals surface area contributed by atoms with Gasteiger partial charge in [0.15, 0.2) is 0 Å². The van der Waals surface area contributed by atoms with Gasteiger partial charge in [-0.05, 0) is 13.8 Å². The number of hydrogen-bond acceptors (Lipinski definition) is 4. The Morgan fingerprint density at radius 2 is 1.14 bits per heavy atom. The largest absolute Gasteiger partial charge is 0.352 e. The second-order valence-electron chi connectivity index (χ2n) is 5.09. The fourth-order valence-corrected chi connectivity index (χ4v) is 2.06. The Balaban J connectivity index is 5.30. The number of nitrogens with one attached hydrogen (secondary N) is 2. The molecule has 122 valence electrons. The lowest BCUT2D eigenvalue weighted by atomic mass is 9.83. The van der Waals surface area contributed by atoms with Crippen molar-refractivity contribution in [3.8, 4) is 0 Å². The van der Waals surface area contributed by atoms with Crippen LogP contribution >= 0.6 is 0 Å². The summed E-state index contributed by atoms with van der Waals surface area (Å²) >= 11 is 0. The van der Waals surface area contributed by atoms with Crippen molar-refractivity contribution >= 4 is 23.4 Å². The van der Waals surface area contributed by atoms with Crippen LogP contribution in [-0.4, -0.2) is 36.5 Å². The van der Waals surface area contributed by atoms with Crippen LogP contribution in [-0.2, 0) is 19.2 Å². The first kappa shape index (κ1) is 19.8. The van der Waals surface area contributed by atoms with E-state index in [1.807, 2.05) is 0 Å². The summed E-state index contributed by atoms with van der Waals surface area (Å²) in [5, 5.41) is 5.16. The van der Waals surface area contributed by atoms with E-state index in [1.54, 1.807) is 0 Å². The molecule has 2 atom stereocenters. The number of amides is 2. The molecule has 6 nitrogen and oxygen atoms in total. The Bertz CT molecular complexity index is 415. The molecule has 0 radical (unpaired) electrons. The van der Waals surface area contributed by atoms with Gasteiger partial charge >= 0.3 is 0 Å². The van der Waals surface area contributed by atoms with Crippen molar-refractivity contribution in [1.82, 2.24) is 10.6 Å². The monoisotopic (exact) mass is 308 g/mol. The van der Waals surface area contributed by atoms with E-state index in [-0.39, 0.29) is 37.5 Å². The first-order valence-electron chi connectivity index (χ1n) is 7.09. The SMILES string of the molecule is C=CCNC(=O)C(CC(C)=O)C(CC(C)=O)C(=O)NCC=C. The van der Waals surface area contributed by atoms with Gasteiger partial charge in [-0.15, -0.1) is 13.2 Å². The molecule has 0 aliphatic heterocycles. The van der Waals surface area contributed by atoms with Crippen LogP contribution in [0.2, 0.25) is 0 Å². The standard InChI is InChI=1S/C16H24N2O4/c1-5-7-17-15(21)13(9-11(3)19)14(10-12(4)20)16(22)18-8-6-2/h5-6,13-14H,1-2,7-10H2,3-4H3,(H,17,21)(H,18,22). The second-order valence-corrected chi connectivity index (χ2v) is 5.09. The normalized spacial score (nSPS) is 12.6. The highest BCUT2D eigenvalue weighted by Crippen LogP contribution is 2.21. The smallest absolute Gasteiger partial charge is 0.224 e. The van der Waals surface area contributed by atoms with E-state index in [0.717, 1.165) is 0 Å². The lowest BCUT2D eigenvalue weighted by Gasteiger charge is -2.24. The number of hydrogen-bond donors (Lipinski definition) is 2. The van der Waals surface area contributed by atoms with Crippen LogP contribution in [0.1, 0.15) is 26.7 Å². The molecule has 2 N–H and O–H groups in total. The van der Waals surface area contributed by atoms with E-state index >= 15 is 0 Å². The van der Waals surface area contributed by atoms with Crippen molar-refractivity contribution in [3.63, 3.8) is 0 Å². The van der Waals surface area contributed by atoms with Crippen LogP contribution in [0, 0.1) is 11.8 Å². The van der Waals surface area contributed by atoms with Gasteiger partial charge in [-0.25, -0.2) is 0 Å². The van der Waals surface area contributed by atoms with Crippen molar-refractivity contribution < 1.29 is 19.2 Å². The maximum atomic E-state index is 12.2. The Morgan fingerprint density at radius 3 is 1.36 bits per heavy atom. The molecule has 6 heteroatoms. The molecular weight excluding hydrogens is 284 g/mol. The maximum Gasteiger partial charge on any atom is 0.224 e. The Morgan fingerprint density at radius 1 is 0.818 bits per heavy atom. The van der Waals surface area contributed by atoms with Crippen LogP contribution in [0.25, 0.3) is 0 Å². The zero-order valence-corrected chi connectivity index (χ0v) is 13.2. The fourth-order valence-electron chi connectivity index (χ4n) is 2.06. The molecule has 0 aliphatic carbocycles. The number of carbonyl (C=O) groups is 4. The van der Waals surface area contributed by atoms with Crippen molar-refractivity contribution in [2.75, 3.05) is 13.1 Å². The van der Waals surface area contributed by atoms with Crippen molar-refractivity contribution in [2.24, 2.45) is 11.8 Å². The van der Waals surface area contributed by atoms with Crippen molar-refractivity contribution in [2.45, 2.75) is 26.7 Å². The van der Waals surface area contributed by atoms with Crippen LogP contribution in [0.3, 0.4) is 0 Å². The van der Waals surface area contributed by atoms with Crippen LogP contribution in [0.15, 0.2) is 25.3 Å². The van der Waals surface area contributed by atoms with Gasteiger partial charge in [0.1, 0.15) is 11.6 Å². The lowest BCUT2D eigenvalue weighted by Crippen LogP contribution is -2.43. The highest BCUT2D eigenvalue weighted by atomic mass is 16.2. The third-order valence-electron chi connectivity index (χ3n) is 3.02. The van der Waals surface area contributed by atoms with E-state index in [2.05, 4.69) is 23.8 Å². The third kappa shape index (κ3) is 7.52. The molecule has 0 fully saturated rings. The Labute approximate surface area is 131 Å². The van der Waals surface area contributed by atoms with E-state index in [1.165, 1.54) is 26.0 Å². The van der Waals surface area contributed by atoms with Gasteiger partial charge in [0.05, 0.1) is 11.8 Å². The topological polar surface area (TPSA) is 92.3 Å². The molecule has 0 spiro atoms. The fraction of sp³-hybridized carbons (Fsp3) is 0.500. The summed E-state index contributed by atoms with van der Waals surface area (Å²) < 4.78 is 0. The molecule has 22 heavy (non-hydrogen) atoms. The van der Waals surface area contributed by atoms with Crippen LogP contribution in [0.4, 0.5) is 0 Å². The van der Waals surface area contributed by atoms with Crippen LogP contribution < -0.4 is 10.6 Å². The minimum absolute atomic E-state index is 0.0948. The summed E-state index contributed by atoms with van der Waals surface area (Å²) in [4.78, 5) is 47.3. The Hall–Kier alpha value is -2.24. The summed E-state index contributed by atoms with van der Waals surface area (Å²) in [6, 6.07) is 0. The van der Waals surface area contributed by atoms with E-state index < -0.39 is 23.7 Å². The average Bonchev–Trinajstić information content (AvgIpc) is 2.45. The molecule has 0 aromatic heterocycles. The van der Waals surface area contributed by atoms with Gasteiger partial charge in [0, 0.05) is 25.9 Å². The summed E-state index contributed by atoms with van der Waals surface area (Å²) in [7, 11) is 0. The molecule has 2 amide bonds. The zero-order chi connectivity index (χ0) is 17.1. The molecule has 2 unspecified atom stereocenters. The van der Waals surface area contributed by atoms with Crippen molar-refractivity contribution in [3.05, 3.63) is 25.3 Å². The van der Waals surface area contributed by atoms with Crippen molar-refractivity contribution in [1.29, 1.82) is 0 Å². The molecule has 0 aromatic carbocycles. The first-order chi connectivity index (χ1) is 10.3. The van der Waals surface area contributed by atoms with Gasteiger partial charge in [-0.1, -0.05) is 12.2 Å². The number of ketones is 2. The van der Waals surface area contributed by atoms with Gasteiger partial charge in [-0.3, -0.25) is 9.59 Å². The van der Waals surface area contributed by atoms with E-state index in [9.17, 15) is 19.2 Å². The lowest BCUT2D eigenvalue weighted by molar-refractivity contribution is -0.138. The second kappa shape index (κ2) is 10.5. The maximum absolute atomic E-state index is 12.2. The van der Waals surface area contributed by atoms with Gasteiger partial charge in [0.25, 0.3) is 0 Å². The molecular formula is C16H24N2O4. The van der Waals surface area contributed by atoms with Gasteiger partial charge in [-0.2, -0.15) is 0 Å². The molecule has 0 heterocycles. The average molecular weight is 308 g/mol. The molecule has 0 rings (SSSR count). The molecule has 0 aromatic rings. The predicted octanol–water partition coefficient (Wildman–Crippen LogP) is 0.781. The first-order valence-corrected chi connectivity index (χ1v) is 7.09. The molecule has 0 aliphatic rings. The summed E-state index contributed by atoms with van der Waals surface area (Å²) in [6.45, 7) is 10.1. The van der Waals surface area contributed by atoms with E-state index in [4.69, 9.17) is 0 Å². The van der Waals surface area contributed by atoms with E-state index in [0.29, 0.717) is 0 Å². The molecule has 0 saturated heterocycles.